The van der Waals surface area contributed by atoms with E-state index in [-0.39, 0.29) is 21.7 Å². The topological polar surface area (TPSA) is 0 Å². The Bertz CT molecular complexity index is 732. The summed E-state index contributed by atoms with van der Waals surface area (Å²) in [4.78, 5) is 0. The Morgan fingerprint density at radius 3 is 1.63 bits per heavy atom. The fourth-order valence-electron chi connectivity index (χ4n) is 4.97. The molecule has 0 rings (SSSR count). The molecule has 0 radical (unpaired) electrons. The smallest absolute Gasteiger partial charge is 0.00227 e. The van der Waals surface area contributed by atoms with Crippen LogP contribution in [0.2, 0.25) is 0 Å². The van der Waals surface area contributed by atoms with Gasteiger partial charge in [0.1, 0.15) is 0 Å². The molecule has 0 aliphatic rings. The van der Waals surface area contributed by atoms with Gasteiger partial charge in [0.25, 0.3) is 0 Å². The summed E-state index contributed by atoms with van der Waals surface area (Å²) >= 11 is 0. The van der Waals surface area contributed by atoms with Crippen LogP contribution in [0.4, 0.5) is 0 Å². The van der Waals surface area contributed by atoms with E-state index in [0.29, 0.717) is 23.7 Å². The quantitative estimate of drug-likeness (QED) is 0.170. The molecule has 0 spiro atoms. The van der Waals surface area contributed by atoms with Gasteiger partial charge in [0, 0.05) is 0 Å². The minimum Gasteiger partial charge on any atom is -0.106 e. The van der Waals surface area contributed by atoms with Gasteiger partial charge in [-0.2, -0.15) is 0 Å². The molecule has 0 amide bonds. The molecule has 0 saturated carbocycles. The van der Waals surface area contributed by atoms with Crippen molar-refractivity contribution in [2.24, 2.45) is 45.3 Å². The Hall–Kier alpha value is -1.56. The van der Waals surface area contributed by atoms with Crippen molar-refractivity contribution < 1.29 is 0 Å². The first-order valence-corrected chi connectivity index (χ1v) is 13.6. The molecule has 0 saturated heterocycles. The monoisotopic (exact) mass is 482 g/mol. The van der Waals surface area contributed by atoms with Gasteiger partial charge in [0.15, 0.2) is 0 Å². The molecule has 0 aromatic heterocycles. The second-order valence-electron chi connectivity index (χ2n) is 13.5. The SMILES string of the molecule is C=C.C=CC(=C)C(C)(CC(C)C)C(C)(C)C(C)(C)CC(C(=C)/C=C\C=C\C(C)(C)C(C)C)C(C)C. The third kappa shape index (κ3) is 9.44. The molecule has 0 aromatic carbocycles. The van der Waals surface area contributed by atoms with E-state index in [0.717, 1.165) is 18.4 Å². The summed E-state index contributed by atoms with van der Waals surface area (Å²) in [5.74, 6) is 2.18. The second kappa shape index (κ2) is 14.2. The molecule has 0 N–H and O–H groups in total. The predicted molar refractivity (Wildman–Crippen MR) is 165 cm³/mol. The largest absolute Gasteiger partial charge is 0.106 e. The zero-order valence-electron chi connectivity index (χ0n) is 26.1. The van der Waals surface area contributed by atoms with Crippen LogP contribution in [0.3, 0.4) is 0 Å². The van der Waals surface area contributed by atoms with Crippen LogP contribution in [0, 0.1) is 45.3 Å². The summed E-state index contributed by atoms with van der Waals surface area (Å²) in [6.07, 6.45) is 13.1. The minimum atomic E-state index is -0.0176. The van der Waals surface area contributed by atoms with Crippen molar-refractivity contribution >= 4 is 0 Å². The molecular formula is C35H62. The molecular weight excluding hydrogens is 420 g/mol. The highest BCUT2D eigenvalue weighted by Gasteiger charge is 2.51. The predicted octanol–water partition coefficient (Wildman–Crippen LogP) is 11.6. The van der Waals surface area contributed by atoms with Gasteiger partial charge in [-0.3, -0.25) is 0 Å². The highest BCUT2D eigenvalue weighted by Crippen LogP contribution is 2.60. The van der Waals surface area contributed by atoms with Crippen molar-refractivity contribution in [3.63, 3.8) is 0 Å². The third-order valence-corrected chi connectivity index (χ3v) is 9.29. The lowest BCUT2D eigenvalue weighted by Crippen LogP contribution is -2.48. The number of hydrogen-bond acceptors (Lipinski definition) is 0. The van der Waals surface area contributed by atoms with Gasteiger partial charge >= 0.3 is 0 Å². The summed E-state index contributed by atoms with van der Waals surface area (Å²) in [6, 6.07) is 0. The van der Waals surface area contributed by atoms with Crippen molar-refractivity contribution in [2.75, 3.05) is 0 Å². The van der Waals surface area contributed by atoms with Gasteiger partial charge in [0.05, 0.1) is 0 Å². The summed E-state index contributed by atoms with van der Waals surface area (Å²) < 4.78 is 0. The highest BCUT2D eigenvalue weighted by molar-refractivity contribution is 5.27. The van der Waals surface area contributed by atoms with E-state index in [4.69, 9.17) is 0 Å². The van der Waals surface area contributed by atoms with E-state index in [2.05, 4.69) is 147 Å². The average Bonchev–Trinajstić information content (AvgIpc) is 2.74. The fraction of sp³-hybridized carbons (Fsp3) is 0.657. The minimum absolute atomic E-state index is 0.0176. The second-order valence-corrected chi connectivity index (χ2v) is 13.5. The van der Waals surface area contributed by atoms with Crippen LogP contribution in [0.25, 0.3) is 0 Å². The van der Waals surface area contributed by atoms with E-state index >= 15 is 0 Å². The van der Waals surface area contributed by atoms with Crippen LogP contribution in [-0.2, 0) is 0 Å². The van der Waals surface area contributed by atoms with Gasteiger partial charge in [-0.05, 0) is 63.7 Å². The first-order chi connectivity index (χ1) is 15.8. The van der Waals surface area contributed by atoms with Crippen LogP contribution in [0.15, 0.2) is 74.4 Å². The Labute approximate surface area is 222 Å². The zero-order valence-corrected chi connectivity index (χ0v) is 26.1. The lowest BCUT2D eigenvalue weighted by Gasteiger charge is -2.56. The van der Waals surface area contributed by atoms with Crippen LogP contribution in [0.5, 0.6) is 0 Å². The van der Waals surface area contributed by atoms with Gasteiger partial charge < -0.3 is 0 Å². The van der Waals surface area contributed by atoms with Crippen LogP contribution < -0.4 is 0 Å². The van der Waals surface area contributed by atoms with E-state index < -0.39 is 0 Å². The average molecular weight is 483 g/mol. The number of hydrogen-bond donors (Lipinski definition) is 0. The molecule has 0 fully saturated rings. The third-order valence-electron chi connectivity index (χ3n) is 9.29. The van der Waals surface area contributed by atoms with E-state index in [1.165, 1.54) is 5.57 Å². The van der Waals surface area contributed by atoms with Crippen molar-refractivity contribution in [1.29, 1.82) is 0 Å². The summed E-state index contributed by atoms with van der Waals surface area (Å²) in [5, 5.41) is 0. The van der Waals surface area contributed by atoms with E-state index in [1.807, 2.05) is 6.08 Å². The van der Waals surface area contributed by atoms with Crippen LogP contribution >= 0.6 is 0 Å². The first-order valence-electron chi connectivity index (χ1n) is 13.6. The van der Waals surface area contributed by atoms with Gasteiger partial charge in [0.2, 0.25) is 0 Å². The van der Waals surface area contributed by atoms with Crippen molar-refractivity contribution in [2.45, 2.75) is 103 Å². The van der Waals surface area contributed by atoms with Crippen molar-refractivity contribution in [1.82, 2.24) is 0 Å². The summed E-state index contributed by atoms with van der Waals surface area (Å²) in [6.45, 7) is 49.7. The maximum Gasteiger partial charge on any atom is -0.00227 e. The number of rotatable bonds is 14. The Morgan fingerprint density at radius 2 is 1.26 bits per heavy atom. The lowest BCUT2D eigenvalue weighted by atomic mass is 9.48. The summed E-state index contributed by atoms with van der Waals surface area (Å²) in [7, 11) is 0. The fourth-order valence-corrected chi connectivity index (χ4v) is 4.97. The normalized spacial score (nSPS) is 15.9. The maximum absolute atomic E-state index is 4.52. The standard InChI is InChI=1S/C33H58.C2H4/c1-17-28(9)33(16,22-24(2)3)32(14,15)31(12,13)23-29(25(4)5)27(8)20-18-19-21-30(10,11)26(6)7;1-2/h17-21,24-26,29H,1,8-9,22-23H2,2-7,10-16H3;1-2H2/b20-18-,21-19+;. The molecule has 2 unspecified atom stereocenters. The maximum atomic E-state index is 4.52. The molecule has 2 atom stereocenters. The van der Waals surface area contributed by atoms with Gasteiger partial charge in [-0.1, -0.05) is 146 Å². The van der Waals surface area contributed by atoms with Crippen LogP contribution in [-0.4, -0.2) is 0 Å². The van der Waals surface area contributed by atoms with Crippen LogP contribution in [0.1, 0.15) is 103 Å². The molecule has 0 aliphatic carbocycles. The first kappa shape index (κ1) is 35.6. The molecule has 35 heavy (non-hydrogen) atoms. The molecule has 0 nitrogen and oxygen atoms in total. The molecule has 0 bridgehead atoms. The lowest BCUT2D eigenvalue weighted by molar-refractivity contribution is -0.0324. The Morgan fingerprint density at radius 1 is 0.771 bits per heavy atom. The molecule has 202 valence electrons. The molecule has 0 aromatic rings. The Kier molecular flexibility index (Phi) is 14.5. The van der Waals surface area contributed by atoms with Gasteiger partial charge in [-0.15, -0.1) is 13.2 Å². The van der Waals surface area contributed by atoms with Gasteiger partial charge in [-0.25, -0.2) is 0 Å². The Balaban J connectivity index is 0. The van der Waals surface area contributed by atoms with Crippen molar-refractivity contribution in [3.8, 4) is 0 Å². The van der Waals surface area contributed by atoms with E-state index in [9.17, 15) is 0 Å². The zero-order chi connectivity index (χ0) is 28.4. The highest BCUT2D eigenvalue weighted by atomic mass is 14.6. The molecule has 0 aliphatic heterocycles. The number of allylic oxidation sites excluding steroid dienone is 7. The molecule has 0 heteroatoms. The van der Waals surface area contributed by atoms with Crippen molar-refractivity contribution in [3.05, 3.63) is 74.4 Å². The molecule has 0 heterocycles. The van der Waals surface area contributed by atoms with E-state index in [1.54, 1.807) is 0 Å². The summed E-state index contributed by atoms with van der Waals surface area (Å²) in [5.41, 5.74) is 2.69.